The van der Waals surface area contributed by atoms with Gasteiger partial charge >= 0.3 is 0 Å². The quantitative estimate of drug-likeness (QED) is 0.803. The van der Waals surface area contributed by atoms with Crippen LogP contribution in [0.2, 0.25) is 0 Å². The van der Waals surface area contributed by atoms with Gasteiger partial charge in [-0.05, 0) is 12.5 Å². The van der Waals surface area contributed by atoms with Gasteiger partial charge in [0.2, 0.25) is 0 Å². The number of hydrogen-bond donors (Lipinski definition) is 1. The van der Waals surface area contributed by atoms with Gasteiger partial charge in [0.05, 0.1) is 25.4 Å². The summed E-state index contributed by atoms with van der Waals surface area (Å²) in [5.41, 5.74) is 0.628. The van der Waals surface area contributed by atoms with Gasteiger partial charge in [-0.1, -0.05) is 12.1 Å². The van der Waals surface area contributed by atoms with Gasteiger partial charge in [-0.2, -0.15) is 5.10 Å². The molecule has 0 bridgehead atoms. The van der Waals surface area contributed by atoms with Crippen LogP contribution in [0.25, 0.3) is 0 Å². The fourth-order valence-corrected chi connectivity index (χ4v) is 1.42. The summed E-state index contributed by atoms with van der Waals surface area (Å²) < 4.78 is 3.55. The van der Waals surface area contributed by atoms with Crippen LogP contribution in [-0.2, 0) is 13.1 Å². The van der Waals surface area contributed by atoms with E-state index in [9.17, 15) is 5.11 Å². The summed E-state index contributed by atoms with van der Waals surface area (Å²) in [6.07, 6.45) is 5.56. The molecule has 0 aromatic carbocycles. The first kappa shape index (κ1) is 10.8. The van der Waals surface area contributed by atoms with E-state index in [4.69, 9.17) is 0 Å². The van der Waals surface area contributed by atoms with Crippen LogP contribution in [0, 0.1) is 0 Å². The number of aryl methyl sites for hydroxylation is 2. The van der Waals surface area contributed by atoms with Crippen LogP contribution in [0.1, 0.15) is 25.1 Å². The second-order valence-corrected chi connectivity index (χ2v) is 3.60. The van der Waals surface area contributed by atoms with E-state index in [2.05, 4.69) is 15.4 Å². The van der Waals surface area contributed by atoms with Crippen molar-refractivity contribution in [1.29, 1.82) is 0 Å². The first-order valence-corrected chi connectivity index (χ1v) is 5.35. The minimum atomic E-state index is -0.515. The second kappa shape index (κ2) is 4.89. The Labute approximate surface area is 93.5 Å². The van der Waals surface area contributed by atoms with Crippen molar-refractivity contribution in [1.82, 2.24) is 24.8 Å². The van der Waals surface area contributed by atoms with E-state index in [1.807, 2.05) is 23.9 Å². The van der Waals surface area contributed by atoms with E-state index in [1.165, 1.54) is 0 Å². The zero-order valence-electron chi connectivity index (χ0n) is 9.19. The van der Waals surface area contributed by atoms with Gasteiger partial charge in [0.15, 0.2) is 0 Å². The highest BCUT2D eigenvalue weighted by molar-refractivity contribution is 4.96. The van der Waals surface area contributed by atoms with Gasteiger partial charge in [0, 0.05) is 12.4 Å². The SMILES string of the molecule is CCC(O)c1cn(CCn2cccn2)nn1. The van der Waals surface area contributed by atoms with E-state index < -0.39 is 6.10 Å². The summed E-state index contributed by atoms with van der Waals surface area (Å²) in [6, 6.07) is 1.88. The Kier molecular flexibility index (Phi) is 3.31. The normalized spacial score (nSPS) is 12.9. The third kappa shape index (κ3) is 2.46. The average Bonchev–Trinajstić information content (AvgIpc) is 2.96. The van der Waals surface area contributed by atoms with E-state index in [0.717, 1.165) is 6.54 Å². The summed E-state index contributed by atoms with van der Waals surface area (Å²) in [4.78, 5) is 0. The molecule has 0 saturated carbocycles. The van der Waals surface area contributed by atoms with Gasteiger partial charge in [-0.3, -0.25) is 9.36 Å². The monoisotopic (exact) mass is 221 g/mol. The fraction of sp³-hybridized carbons (Fsp3) is 0.500. The molecular formula is C10H15N5O. The Bertz CT molecular complexity index is 422. The van der Waals surface area contributed by atoms with E-state index in [1.54, 1.807) is 17.1 Å². The van der Waals surface area contributed by atoms with Crippen LogP contribution in [0.5, 0.6) is 0 Å². The van der Waals surface area contributed by atoms with Crippen LogP contribution < -0.4 is 0 Å². The Balaban J connectivity index is 1.93. The van der Waals surface area contributed by atoms with E-state index in [-0.39, 0.29) is 0 Å². The Morgan fingerprint density at radius 1 is 1.38 bits per heavy atom. The third-order valence-corrected chi connectivity index (χ3v) is 2.40. The summed E-state index contributed by atoms with van der Waals surface area (Å²) >= 11 is 0. The molecule has 1 N–H and O–H groups in total. The smallest absolute Gasteiger partial charge is 0.111 e. The molecule has 0 radical (unpaired) electrons. The van der Waals surface area contributed by atoms with Crippen molar-refractivity contribution < 1.29 is 5.11 Å². The molecule has 0 aliphatic rings. The highest BCUT2D eigenvalue weighted by Crippen LogP contribution is 2.11. The summed E-state index contributed by atoms with van der Waals surface area (Å²) in [6.45, 7) is 3.36. The number of aliphatic hydroxyl groups is 1. The zero-order valence-corrected chi connectivity index (χ0v) is 9.19. The van der Waals surface area contributed by atoms with Gasteiger partial charge in [0.25, 0.3) is 0 Å². The lowest BCUT2D eigenvalue weighted by Gasteiger charge is -2.01. The number of rotatable bonds is 5. The van der Waals surface area contributed by atoms with Crippen LogP contribution in [-0.4, -0.2) is 29.9 Å². The van der Waals surface area contributed by atoms with Crippen molar-refractivity contribution in [3.8, 4) is 0 Å². The number of aliphatic hydroxyl groups excluding tert-OH is 1. The van der Waals surface area contributed by atoms with Crippen molar-refractivity contribution in [2.75, 3.05) is 0 Å². The van der Waals surface area contributed by atoms with Crippen molar-refractivity contribution in [2.24, 2.45) is 0 Å². The molecule has 2 heterocycles. The molecule has 86 valence electrons. The number of nitrogens with zero attached hydrogens (tertiary/aromatic N) is 5. The van der Waals surface area contributed by atoms with Crippen molar-refractivity contribution in [2.45, 2.75) is 32.5 Å². The fourth-order valence-electron chi connectivity index (χ4n) is 1.42. The highest BCUT2D eigenvalue weighted by Gasteiger charge is 2.09. The largest absolute Gasteiger partial charge is 0.387 e. The van der Waals surface area contributed by atoms with Crippen LogP contribution in [0.15, 0.2) is 24.7 Å². The number of hydrogen-bond acceptors (Lipinski definition) is 4. The maximum Gasteiger partial charge on any atom is 0.111 e. The predicted octanol–water partition coefficient (Wildman–Crippen LogP) is 0.618. The molecule has 1 unspecified atom stereocenters. The molecule has 16 heavy (non-hydrogen) atoms. The molecule has 6 nitrogen and oxygen atoms in total. The molecule has 0 saturated heterocycles. The van der Waals surface area contributed by atoms with Crippen LogP contribution in [0.3, 0.4) is 0 Å². The first-order valence-electron chi connectivity index (χ1n) is 5.35. The lowest BCUT2D eigenvalue weighted by Crippen LogP contribution is -2.08. The Morgan fingerprint density at radius 2 is 2.19 bits per heavy atom. The standard InChI is InChI=1S/C10H15N5O/c1-2-10(16)9-8-15(13-12-9)7-6-14-5-3-4-11-14/h3-5,8,10,16H,2,6-7H2,1H3. The molecular weight excluding hydrogens is 206 g/mol. The number of aromatic nitrogens is 5. The van der Waals surface area contributed by atoms with Crippen LogP contribution in [0.4, 0.5) is 0 Å². The molecule has 2 rings (SSSR count). The molecule has 0 fully saturated rings. The molecule has 6 heteroatoms. The zero-order chi connectivity index (χ0) is 11.4. The summed E-state index contributed by atoms with van der Waals surface area (Å²) in [5, 5.41) is 21.5. The minimum absolute atomic E-state index is 0.515. The summed E-state index contributed by atoms with van der Waals surface area (Å²) in [5.74, 6) is 0. The van der Waals surface area contributed by atoms with E-state index in [0.29, 0.717) is 18.7 Å². The molecule has 0 aliphatic carbocycles. The first-order chi connectivity index (χ1) is 7.79. The van der Waals surface area contributed by atoms with Gasteiger partial charge in [0.1, 0.15) is 5.69 Å². The van der Waals surface area contributed by atoms with Crippen molar-refractivity contribution in [3.63, 3.8) is 0 Å². The van der Waals surface area contributed by atoms with Crippen molar-refractivity contribution >= 4 is 0 Å². The maximum absolute atomic E-state index is 9.56. The molecule has 0 spiro atoms. The average molecular weight is 221 g/mol. The van der Waals surface area contributed by atoms with E-state index >= 15 is 0 Å². The van der Waals surface area contributed by atoms with Crippen LogP contribution >= 0.6 is 0 Å². The van der Waals surface area contributed by atoms with Gasteiger partial charge in [-0.25, -0.2) is 0 Å². The van der Waals surface area contributed by atoms with Gasteiger partial charge in [-0.15, -0.1) is 5.10 Å². The van der Waals surface area contributed by atoms with Gasteiger partial charge < -0.3 is 5.11 Å². The summed E-state index contributed by atoms with van der Waals surface area (Å²) in [7, 11) is 0. The molecule has 2 aromatic rings. The molecule has 1 atom stereocenters. The highest BCUT2D eigenvalue weighted by atomic mass is 16.3. The predicted molar refractivity (Wildman–Crippen MR) is 57.5 cm³/mol. The lowest BCUT2D eigenvalue weighted by atomic mass is 10.2. The molecule has 0 amide bonds. The topological polar surface area (TPSA) is 68.8 Å². The Hall–Kier alpha value is -1.69. The second-order valence-electron chi connectivity index (χ2n) is 3.60. The minimum Gasteiger partial charge on any atom is -0.387 e. The molecule has 2 aromatic heterocycles. The maximum atomic E-state index is 9.56. The molecule has 0 aliphatic heterocycles. The van der Waals surface area contributed by atoms with Crippen molar-refractivity contribution in [3.05, 3.63) is 30.4 Å². The third-order valence-electron chi connectivity index (χ3n) is 2.40. The Morgan fingerprint density at radius 3 is 2.88 bits per heavy atom. The lowest BCUT2D eigenvalue weighted by molar-refractivity contribution is 0.168.